The van der Waals surface area contributed by atoms with E-state index in [1.54, 1.807) is 18.5 Å². The van der Waals surface area contributed by atoms with Gasteiger partial charge in [0, 0.05) is 30.2 Å². The molecule has 1 N–H and O–H groups in total. The molecule has 104 valence electrons. The van der Waals surface area contributed by atoms with Crippen LogP contribution >= 0.6 is 0 Å². The van der Waals surface area contributed by atoms with Crippen LogP contribution in [0.3, 0.4) is 0 Å². The van der Waals surface area contributed by atoms with Gasteiger partial charge in [-0.2, -0.15) is 4.98 Å². The number of fused-ring (bicyclic) bond motifs is 1. The van der Waals surface area contributed by atoms with Gasteiger partial charge in [0.1, 0.15) is 0 Å². The average molecular weight is 279 g/mol. The lowest BCUT2D eigenvalue weighted by molar-refractivity contribution is 0.432. The van der Waals surface area contributed by atoms with Gasteiger partial charge in [-0.25, -0.2) is 9.97 Å². The molecule has 3 aromatic rings. The predicted molar refractivity (Wildman–Crippen MR) is 77.6 cm³/mol. The SMILES string of the molecule is c1cnc(-c2noc(-c3ccc4c(c3)CCCN4)n2)nc1. The first-order chi connectivity index (χ1) is 10.4. The number of anilines is 1. The summed E-state index contributed by atoms with van der Waals surface area (Å²) in [6.45, 7) is 1.03. The van der Waals surface area contributed by atoms with E-state index in [2.05, 4.69) is 37.6 Å². The molecule has 0 bridgehead atoms. The third-order valence-electron chi connectivity index (χ3n) is 3.48. The fourth-order valence-electron chi connectivity index (χ4n) is 2.45. The molecular formula is C15H13N5O. The van der Waals surface area contributed by atoms with Crippen LogP contribution in [-0.4, -0.2) is 26.7 Å². The highest BCUT2D eigenvalue weighted by molar-refractivity contribution is 5.64. The van der Waals surface area contributed by atoms with E-state index in [1.807, 2.05) is 6.07 Å². The maximum atomic E-state index is 5.33. The van der Waals surface area contributed by atoms with Crippen molar-refractivity contribution < 1.29 is 4.52 Å². The van der Waals surface area contributed by atoms with Crippen molar-refractivity contribution in [3.05, 3.63) is 42.2 Å². The van der Waals surface area contributed by atoms with E-state index in [-0.39, 0.29) is 0 Å². The van der Waals surface area contributed by atoms with E-state index >= 15 is 0 Å². The van der Waals surface area contributed by atoms with E-state index in [9.17, 15) is 0 Å². The van der Waals surface area contributed by atoms with Crippen molar-refractivity contribution in [2.75, 3.05) is 11.9 Å². The molecule has 0 saturated heterocycles. The molecule has 6 heteroatoms. The van der Waals surface area contributed by atoms with Gasteiger partial charge in [-0.1, -0.05) is 5.16 Å². The minimum absolute atomic E-state index is 0.404. The van der Waals surface area contributed by atoms with Crippen molar-refractivity contribution >= 4 is 5.69 Å². The third-order valence-corrected chi connectivity index (χ3v) is 3.48. The van der Waals surface area contributed by atoms with Crippen LogP contribution in [0.2, 0.25) is 0 Å². The number of nitrogens with zero attached hydrogens (tertiary/aromatic N) is 4. The maximum Gasteiger partial charge on any atom is 0.258 e. The third kappa shape index (κ3) is 2.24. The quantitative estimate of drug-likeness (QED) is 0.776. The second-order valence-electron chi connectivity index (χ2n) is 4.90. The molecule has 0 aliphatic carbocycles. The van der Waals surface area contributed by atoms with E-state index in [0.717, 1.165) is 24.9 Å². The summed E-state index contributed by atoms with van der Waals surface area (Å²) in [6, 6.07) is 7.90. The largest absolute Gasteiger partial charge is 0.385 e. The Bertz CT molecular complexity index is 769. The smallest absolute Gasteiger partial charge is 0.258 e. The number of rotatable bonds is 2. The molecule has 21 heavy (non-hydrogen) atoms. The first-order valence-corrected chi connectivity index (χ1v) is 6.88. The predicted octanol–water partition coefficient (Wildman–Crippen LogP) is 2.55. The van der Waals surface area contributed by atoms with Crippen LogP contribution in [0.5, 0.6) is 0 Å². The van der Waals surface area contributed by atoms with E-state index < -0.39 is 0 Å². The van der Waals surface area contributed by atoms with E-state index in [0.29, 0.717) is 17.5 Å². The lowest BCUT2D eigenvalue weighted by Gasteiger charge is -2.17. The van der Waals surface area contributed by atoms with Crippen LogP contribution in [0.25, 0.3) is 23.1 Å². The summed E-state index contributed by atoms with van der Waals surface area (Å²) in [5.41, 5.74) is 3.40. The topological polar surface area (TPSA) is 76.7 Å². The molecule has 3 heterocycles. The molecule has 0 saturated carbocycles. The summed E-state index contributed by atoms with van der Waals surface area (Å²) in [5.74, 6) is 1.36. The van der Waals surface area contributed by atoms with Crippen LogP contribution in [0, 0.1) is 0 Å². The van der Waals surface area contributed by atoms with Gasteiger partial charge in [-0.3, -0.25) is 0 Å². The van der Waals surface area contributed by atoms with Gasteiger partial charge in [-0.15, -0.1) is 0 Å². The summed E-state index contributed by atoms with van der Waals surface area (Å²) >= 11 is 0. The second kappa shape index (κ2) is 4.97. The zero-order valence-electron chi connectivity index (χ0n) is 11.3. The van der Waals surface area contributed by atoms with Crippen molar-refractivity contribution in [2.24, 2.45) is 0 Å². The highest BCUT2D eigenvalue weighted by Crippen LogP contribution is 2.28. The van der Waals surface area contributed by atoms with Crippen molar-refractivity contribution in [2.45, 2.75) is 12.8 Å². The summed E-state index contributed by atoms with van der Waals surface area (Å²) in [4.78, 5) is 12.6. The van der Waals surface area contributed by atoms with Crippen LogP contribution < -0.4 is 5.32 Å². The molecule has 0 atom stereocenters. The molecule has 6 nitrogen and oxygen atoms in total. The van der Waals surface area contributed by atoms with Crippen molar-refractivity contribution in [1.29, 1.82) is 0 Å². The van der Waals surface area contributed by atoms with Crippen molar-refractivity contribution in [3.8, 4) is 23.1 Å². The fourth-order valence-corrected chi connectivity index (χ4v) is 2.45. The molecule has 1 aliphatic rings. The highest BCUT2D eigenvalue weighted by Gasteiger charge is 2.15. The standard InChI is InChI=1S/C15H13N5O/c1-3-10-9-11(4-5-12(10)16-6-1)15-19-14(20-21-15)13-17-7-2-8-18-13/h2,4-5,7-9,16H,1,3,6H2. The summed E-state index contributed by atoms with van der Waals surface area (Å²) in [5, 5.41) is 7.33. The van der Waals surface area contributed by atoms with Gasteiger partial charge in [0.05, 0.1) is 0 Å². The Morgan fingerprint density at radius 1 is 1.10 bits per heavy atom. The van der Waals surface area contributed by atoms with Crippen LogP contribution in [0.1, 0.15) is 12.0 Å². The van der Waals surface area contributed by atoms with Gasteiger partial charge in [0.25, 0.3) is 5.89 Å². The zero-order chi connectivity index (χ0) is 14.1. The zero-order valence-corrected chi connectivity index (χ0v) is 11.3. The normalized spacial score (nSPS) is 13.5. The number of aryl methyl sites for hydroxylation is 1. The van der Waals surface area contributed by atoms with Crippen LogP contribution in [0.15, 0.2) is 41.2 Å². The lowest BCUT2D eigenvalue weighted by atomic mass is 10.0. The first-order valence-electron chi connectivity index (χ1n) is 6.88. The minimum Gasteiger partial charge on any atom is -0.385 e. The fraction of sp³-hybridized carbons (Fsp3) is 0.200. The molecular weight excluding hydrogens is 266 g/mol. The Morgan fingerprint density at radius 2 is 2.00 bits per heavy atom. The summed E-state index contributed by atoms with van der Waals surface area (Å²) in [6.07, 6.45) is 5.52. The molecule has 1 aromatic carbocycles. The van der Waals surface area contributed by atoms with E-state index in [4.69, 9.17) is 4.52 Å². The molecule has 0 amide bonds. The maximum absolute atomic E-state index is 5.33. The van der Waals surface area contributed by atoms with Gasteiger partial charge in [0.15, 0.2) is 0 Å². The van der Waals surface area contributed by atoms with Crippen molar-refractivity contribution in [3.63, 3.8) is 0 Å². The second-order valence-corrected chi connectivity index (χ2v) is 4.90. The van der Waals surface area contributed by atoms with Gasteiger partial charge in [0.2, 0.25) is 11.6 Å². The Morgan fingerprint density at radius 3 is 2.90 bits per heavy atom. The van der Waals surface area contributed by atoms with Crippen LogP contribution in [0.4, 0.5) is 5.69 Å². The van der Waals surface area contributed by atoms with E-state index in [1.165, 1.54) is 11.3 Å². The Labute approximate surface area is 121 Å². The van der Waals surface area contributed by atoms with Gasteiger partial charge in [-0.05, 0) is 42.7 Å². The number of nitrogens with one attached hydrogen (secondary N) is 1. The molecule has 2 aromatic heterocycles. The monoisotopic (exact) mass is 279 g/mol. The minimum atomic E-state index is 0.404. The number of aromatic nitrogens is 4. The molecule has 0 radical (unpaired) electrons. The molecule has 1 aliphatic heterocycles. The highest BCUT2D eigenvalue weighted by atomic mass is 16.5. The Balaban J connectivity index is 1.70. The first kappa shape index (κ1) is 12.0. The number of hydrogen-bond donors (Lipinski definition) is 1. The van der Waals surface area contributed by atoms with Gasteiger partial charge < -0.3 is 9.84 Å². The molecule has 0 spiro atoms. The molecule has 0 unspecified atom stereocenters. The van der Waals surface area contributed by atoms with Gasteiger partial charge >= 0.3 is 0 Å². The average Bonchev–Trinajstić information content (AvgIpc) is 3.05. The number of benzene rings is 1. The summed E-state index contributed by atoms with van der Waals surface area (Å²) < 4.78 is 5.33. The number of hydrogen-bond acceptors (Lipinski definition) is 6. The lowest BCUT2D eigenvalue weighted by Crippen LogP contribution is -2.11. The van der Waals surface area contributed by atoms with Crippen molar-refractivity contribution in [1.82, 2.24) is 20.1 Å². The Kier molecular flexibility index (Phi) is 2.85. The van der Waals surface area contributed by atoms with Crippen LogP contribution in [-0.2, 0) is 6.42 Å². The molecule has 4 rings (SSSR count). The Hall–Kier alpha value is -2.76. The summed E-state index contributed by atoms with van der Waals surface area (Å²) in [7, 11) is 0. The molecule has 0 fully saturated rings.